The van der Waals surface area contributed by atoms with E-state index in [4.69, 9.17) is 4.74 Å². The molecular weight excluding hydrogens is 228 g/mol. The molecule has 1 unspecified atom stereocenters. The summed E-state index contributed by atoms with van der Waals surface area (Å²) in [7, 11) is 1.68. The standard InChI is InChI=1S/C14H22N2O2/c1-18-9-7-15-10-13(17)11-16-8-6-12-4-2-3-5-14(12)16/h2-5,13,15,17H,6-11H2,1H3. The van der Waals surface area contributed by atoms with Crippen molar-refractivity contribution in [3.05, 3.63) is 29.8 Å². The van der Waals surface area contributed by atoms with Gasteiger partial charge >= 0.3 is 0 Å². The van der Waals surface area contributed by atoms with Crippen LogP contribution in [0.2, 0.25) is 0 Å². The van der Waals surface area contributed by atoms with Crippen LogP contribution in [-0.2, 0) is 11.2 Å². The zero-order valence-corrected chi connectivity index (χ0v) is 10.9. The highest BCUT2D eigenvalue weighted by atomic mass is 16.5. The number of aliphatic hydroxyl groups excluding tert-OH is 1. The average molecular weight is 250 g/mol. The van der Waals surface area contributed by atoms with Crippen molar-refractivity contribution in [2.75, 3.05) is 44.8 Å². The van der Waals surface area contributed by atoms with Gasteiger partial charge in [-0.25, -0.2) is 0 Å². The lowest BCUT2D eigenvalue weighted by Gasteiger charge is -2.23. The van der Waals surface area contributed by atoms with Gasteiger partial charge in [-0.05, 0) is 18.1 Å². The molecule has 100 valence electrons. The maximum absolute atomic E-state index is 9.99. The van der Waals surface area contributed by atoms with Gasteiger partial charge in [0.2, 0.25) is 0 Å². The second-order valence-corrected chi connectivity index (χ2v) is 4.68. The Hall–Kier alpha value is -1.10. The van der Waals surface area contributed by atoms with Gasteiger partial charge in [0, 0.05) is 39.0 Å². The minimum atomic E-state index is -0.340. The van der Waals surface area contributed by atoms with Gasteiger partial charge in [0.05, 0.1) is 12.7 Å². The molecule has 1 aromatic carbocycles. The van der Waals surface area contributed by atoms with Crippen LogP contribution in [0.1, 0.15) is 5.56 Å². The molecule has 18 heavy (non-hydrogen) atoms. The van der Waals surface area contributed by atoms with Gasteiger partial charge < -0.3 is 20.1 Å². The second kappa shape index (κ2) is 6.73. The number of ether oxygens (including phenoxy) is 1. The molecule has 1 aliphatic heterocycles. The van der Waals surface area contributed by atoms with Crippen molar-refractivity contribution in [2.45, 2.75) is 12.5 Å². The van der Waals surface area contributed by atoms with E-state index < -0.39 is 0 Å². The Morgan fingerprint density at radius 1 is 1.44 bits per heavy atom. The monoisotopic (exact) mass is 250 g/mol. The van der Waals surface area contributed by atoms with Crippen LogP contribution in [0.4, 0.5) is 5.69 Å². The molecule has 1 aliphatic rings. The molecule has 0 saturated carbocycles. The minimum absolute atomic E-state index is 0.340. The molecule has 0 fully saturated rings. The SMILES string of the molecule is COCCNCC(O)CN1CCc2ccccc21. The number of aliphatic hydroxyl groups is 1. The Bertz CT molecular complexity index is 371. The number of hydrogen-bond acceptors (Lipinski definition) is 4. The van der Waals surface area contributed by atoms with Crippen LogP contribution in [0.25, 0.3) is 0 Å². The third-order valence-electron chi connectivity index (χ3n) is 3.28. The topological polar surface area (TPSA) is 44.7 Å². The Morgan fingerprint density at radius 2 is 2.28 bits per heavy atom. The van der Waals surface area contributed by atoms with Gasteiger partial charge in [0.1, 0.15) is 0 Å². The number of benzene rings is 1. The van der Waals surface area contributed by atoms with Crippen LogP contribution in [-0.4, -0.2) is 51.1 Å². The van der Waals surface area contributed by atoms with E-state index in [0.717, 1.165) is 19.5 Å². The molecule has 0 amide bonds. The lowest BCUT2D eigenvalue weighted by molar-refractivity contribution is 0.164. The Kier molecular flexibility index (Phi) is 4.99. The minimum Gasteiger partial charge on any atom is -0.390 e. The molecule has 4 nitrogen and oxygen atoms in total. The number of anilines is 1. The highest BCUT2D eigenvalue weighted by molar-refractivity contribution is 5.57. The normalized spacial score (nSPS) is 15.8. The largest absolute Gasteiger partial charge is 0.390 e. The van der Waals surface area contributed by atoms with Crippen molar-refractivity contribution in [3.63, 3.8) is 0 Å². The van der Waals surface area contributed by atoms with Gasteiger partial charge in [-0.3, -0.25) is 0 Å². The van der Waals surface area contributed by atoms with Crippen LogP contribution in [0.15, 0.2) is 24.3 Å². The molecule has 0 bridgehead atoms. The number of nitrogens with zero attached hydrogens (tertiary/aromatic N) is 1. The lowest BCUT2D eigenvalue weighted by Crippen LogP contribution is -2.38. The van der Waals surface area contributed by atoms with Crippen LogP contribution >= 0.6 is 0 Å². The maximum Gasteiger partial charge on any atom is 0.0839 e. The molecule has 1 aromatic rings. The highest BCUT2D eigenvalue weighted by Gasteiger charge is 2.20. The summed E-state index contributed by atoms with van der Waals surface area (Å²) in [5.41, 5.74) is 2.66. The van der Waals surface area contributed by atoms with E-state index in [1.807, 2.05) is 0 Å². The highest BCUT2D eigenvalue weighted by Crippen LogP contribution is 2.27. The molecule has 0 spiro atoms. The fraction of sp³-hybridized carbons (Fsp3) is 0.571. The molecule has 0 saturated heterocycles. The van der Waals surface area contributed by atoms with Crippen molar-refractivity contribution in [1.82, 2.24) is 5.32 Å². The first-order valence-electron chi connectivity index (χ1n) is 6.52. The second-order valence-electron chi connectivity index (χ2n) is 4.68. The molecule has 4 heteroatoms. The molecule has 0 aromatic heterocycles. The molecule has 1 atom stereocenters. The van der Waals surface area contributed by atoms with E-state index in [2.05, 4.69) is 34.5 Å². The summed E-state index contributed by atoms with van der Waals surface area (Å²) < 4.78 is 4.95. The van der Waals surface area contributed by atoms with Crippen LogP contribution in [0, 0.1) is 0 Å². The van der Waals surface area contributed by atoms with E-state index in [0.29, 0.717) is 19.7 Å². The Labute approximate surface area is 109 Å². The number of β-amino-alcohol motifs (C(OH)–C–C–N with tert-alkyl or cyclic N) is 1. The first kappa shape index (κ1) is 13.3. The van der Waals surface area contributed by atoms with E-state index >= 15 is 0 Å². The van der Waals surface area contributed by atoms with Gasteiger partial charge in [-0.15, -0.1) is 0 Å². The third-order valence-corrected chi connectivity index (χ3v) is 3.28. The molecule has 1 heterocycles. The predicted octanol–water partition coefficient (Wildman–Crippen LogP) is 0.646. The molecule has 2 rings (SSSR count). The first-order chi connectivity index (χ1) is 8.81. The summed E-state index contributed by atoms with van der Waals surface area (Å²) in [5.74, 6) is 0. The van der Waals surface area contributed by atoms with Crippen molar-refractivity contribution in [3.8, 4) is 0 Å². The Balaban J connectivity index is 1.77. The molecule has 0 radical (unpaired) electrons. The van der Waals surface area contributed by atoms with Crippen LogP contribution in [0.5, 0.6) is 0 Å². The number of methoxy groups -OCH3 is 1. The predicted molar refractivity (Wildman–Crippen MR) is 73.1 cm³/mol. The van der Waals surface area contributed by atoms with Gasteiger partial charge in [0.15, 0.2) is 0 Å². The summed E-state index contributed by atoms with van der Waals surface area (Å²) in [6.45, 7) is 3.77. The maximum atomic E-state index is 9.99. The van der Waals surface area contributed by atoms with Crippen molar-refractivity contribution < 1.29 is 9.84 Å². The number of para-hydroxylation sites is 1. The molecular formula is C14H22N2O2. The third kappa shape index (κ3) is 3.45. The van der Waals surface area contributed by atoms with Crippen molar-refractivity contribution in [2.24, 2.45) is 0 Å². The smallest absolute Gasteiger partial charge is 0.0839 e. The number of hydrogen-bond donors (Lipinski definition) is 2. The van der Waals surface area contributed by atoms with Crippen molar-refractivity contribution >= 4 is 5.69 Å². The fourth-order valence-corrected chi connectivity index (χ4v) is 2.36. The summed E-state index contributed by atoms with van der Waals surface area (Å²) in [5, 5.41) is 13.2. The van der Waals surface area contributed by atoms with Crippen LogP contribution < -0.4 is 10.2 Å². The summed E-state index contributed by atoms with van der Waals surface area (Å²) in [6, 6.07) is 8.43. The first-order valence-corrected chi connectivity index (χ1v) is 6.52. The van der Waals surface area contributed by atoms with Gasteiger partial charge in [-0.2, -0.15) is 0 Å². The number of rotatable bonds is 7. The van der Waals surface area contributed by atoms with Crippen molar-refractivity contribution in [1.29, 1.82) is 0 Å². The van der Waals surface area contributed by atoms with E-state index in [-0.39, 0.29) is 6.10 Å². The fourth-order valence-electron chi connectivity index (χ4n) is 2.36. The Morgan fingerprint density at radius 3 is 3.11 bits per heavy atom. The lowest BCUT2D eigenvalue weighted by atomic mass is 10.2. The number of fused-ring (bicyclic) bond motifs is 1. The summed E-state index contributed by atoms with van der Waals surface area (Å²) in [4.78, 5) is 2.26. The molecule has 0 aliphatic carbocycles. The average Bonchev–Trinajstić information content (AvgIpc) is 2.78. The van der Waals surface area contributed by atoms with Gasteiger partial charge in [-0.1, -0.05) is 18.2 Å². The number of nitrogens with one attached hydrogen (secondary N) is 1. The molecule has 2 N–H and O–H groups in total. The van der Waals surface area contributed by atoms with E-state index in [1.54, 1.807) is 7.11 Å². The summed E-state index contributed by atoms with van der Waals surface area (Å²) in [6.07, 6.45) is 0.744. The van der Waals surface area contributed by atoms with Crippen LogP contribution in [0.3, 0.4) is 0 Å². The van der Waals surface area contributed by atoms with E-state index in [9.17, 15) is 5.11 Å². The zero-order valence-electron chi connectivity index (χ0n) is 10.9. The van der Waals surface area contributed by atoms with Gasteiger partial charge in [0.25, 0.3) is 0 Å². The van der Waals surface area contributed by atoms with E-state index in [1.165, 1.54) is 11.3 Å². The quantitative estimate of drug-likeness (QED) is 0.697. The summed E-state index contributed by atoms with van der Waals surface area (Å²) >= 11 is 0. The zero-order chi connectivity index (χ0) is 12.8.